The highest BCUT2D eigenvalue weighted by atomic mass is 16.2. The number of nitrogens with zero attached hydrogens (tertiary/aromatic N) is 3. The summed E-state index contributed by atoms with van der Waals surface area (Å²) in [5, 5.41) is 9.79. The molecule has 12 heavy (non-hydrogen) atoms. The average molecular weight is 169 g/mol. The molecule has 0 radical (unpaired) electrons. The summed E-state index contributed by atoms with van der Waals surface area (Å²) in [6.07, 6.45) is 3.17. The van der Waals surface area contributed by atoms with Crippen molar-refractivity contribution < 1.29 is 4.79 Å². The Morgan fingerprint density at radius 2 is 2.25 bits per heavy atom. The van der Waals surface area contributed by atoms with Gasteiger partial charge >= 0.3 is 6.03 Å². The number of nitrogens with one attached hydrogen (secondary N) is 1. The lowest BCUT2D eigenvalue weighted by Crippen LogP contribution is -2.38. The van der Waals surface area contributed by atoms with Crippen molar-refractivity contribution in [3.63, 3.8) is 0 Å². The quantitative estimate of drug-likeness (QED) is 0.629. The van der Waals surface area contributed by atoms with E-state index in [9.17, 15) is 4.79 Å². The highest BCUT2D eigenvalue weighted by Crippen LogP contribution is 1.88. The van der Waals surface area contributed by atoms with Crippen LogP contribution in [0.25, 0.3) is 0 Å². The van der Waals surface area contributed by atoms with Gasteiger partial charge in [0, 0.05) is 12.6 Å². The van der Waals surface area contributed by atoms with Gasteiger partial charge in [-0.2, -0.15) is 0 Å². The van der Waals surface area contributed by atoms with E-state index in [2.05, 4.69) is 15.5 Å². The minimum absolute atomic E-state index is 0.0153. The zero-order valence-electron chi connectivity index (χ0n) is 6.77. The van der Waals surface area contributed by atoms with Crippen LogP contribution in [0, 0.1) is 0 Å². The fourth-order valence-corrected chi connectivity index (χ4v) is 0.921. The molecule has 0 fully saturated rings. The van der Waals surface area contributed by atoms with Crippen LogP contribution in [0.15, 0.2) is 12.7 Å². The number of urea groups is 1. The summed E-state index contributed by atoms with van der Waals surface area (Å²) in [6.45, 7) is 2.47. The molecule has 66 valence electrons. The molecular formula is C6H11N5O. The molecule has 6 nitrogen and oxygen atoms in total. The largest absolute Gasteiger partial charge is 0.352 e. The van der Waals surface area contributed by atoms with Crippen molar-refractivity contribution in [3.05, 3.63) is 12.7 Å². The third kappa shape index (κ3) is 2.57. The predicted octanol–water partition coefficient (Wildman–Crippen LogP) is -0.665. The third-order valence-corrected chi connectivity index (χ3v) is 1.34. The molecule has 0 saturated heterocycles. The van der Waals surface area contributed by atoms with E-state index in [1.54, 1.807) is 17.2 Å². The number of carbonyl (C=O) groups excluding carboxylic acids is 1. The molecular weight excluding hydrogens is 158 g/mol. The van der Waals surface area contributed by atoms with Gasteiger partial charge in [0.2, 0.25) is 0 Å². The molecule has 0 aliphatic carbocycles. The van der Waals surface area contributed by atoms with Crippen molar-refractivity contribution in [1.82, 2.24) is 20.1 Å². The molecule has 3 N–H and O–H groups in total. The average Bonchev–Trinajstić information content (AvgIpc) is 2.37. The van der Waals surface area contributed by atoms with Crippen molar-refractivity contribution in [2.75, 3.05) is 0 Å². The molecule has 1 heterocycles. The van der Waals surface area contributed by atoms with Gasteiger partial charge in [0.1, 0.15) is 12.7 Å². The first kappa shape index (κ1) is 8.51. The Labute approximate surface area is 69.8 Å². The number of amides is 2. The van der Waals surface area contributed by atoms with E-state index in [1.165, 1.54) is 0 Å². The van der Waals surface area contributed by atoms with E-state index in [-0.39, 0.29) is 6.04 Å². The molecule has 6 heteroatoms. The first-order chi connectivity index (χ1) is 5.68. The van der Waals surface area contributed by atoms with E-state index in [1.807, 2.05) is 6.92 Å². The maximum absolute atomic E-state index is 10.4. The fraction of sp³-hybridized carbons (Fsp3) is 0.500. The molecule has 1 atom stereocenters. The summed E-state index contributed by atoms with van der Waals surface area (Å²) in [5.41, 5.74) is 4.93. The Kier molecular flexibility index (Phi) is 2.62. The Bertz CT molecular complexity index is 244. The van der Waals surface area contributed by atoms with Crippen LogP contribution in [0.2, 0.25) is 0 Å². The Morgan fingerprint density at radius 3 is 2.75 bits per heavy atom. The fourth-order valence-electron chi connectivity index (χ4n) is 0.921. The second kappa shape index (κ2) is 3.70. The van der Waals surface area contributed by atoms with Crippen molar-refractivity contribution in [3.8, 4) is 0 Å². The maximum atomic E-state index is 10.4. The number of rotatable bonds is 3. The van der Waals surface area contributed by atoms with E-state index in [4.69, 9.17) is 5.73 Å². The number of hydrogen-bond acceptors (Lipinski definition) is 3. The molecule has 2 amide bonds. The van der Waals surface area contributed by atoms with Crippen LogP contribution < -0.4 is 11.1 Å². The first-order valence-electron chi connectivity index (χ1n) is 3.57. The second-order valence-corrected chi connectivity index (χ2v) is 2.57. The highest BCUT2D eigenvalue weighted by Gasteiger charge is 2.03. The van der Waals surface area contributed by atoms with Crippen LogP contribution in [0.1, 0.15) is 6.92 Å². The SMILES string of the molecule is CC(Cn1cnnc1)NC(N)=O. The number of primary amides is 1. The zero-order chi connectivity index (χ0) is 8.97. The van der Waals surface area contributed by atoms with Crippen LogP contribution in [0.3, 0.4) is 0 Å². The lowest BCUT2D eigenvalue weighted by molar-refractivity contribution is 0.244. The van der Waals surface area contributed by atoms with Gasteiger partial charge in [-0.1, -0.05) is 0 Å². The first-order valence-corrected chi connectivity index (χ1v) is 3.57. The Morgan fingerprint density at radius 1 is 1.67 bits per heavy atom. The lowest BCUT2D eigenvalue weighted by Gasteiger charge is -2.11. The summed E-state index contributed by atoms with van der Waals surface area (Å²) < 4.78 is 1.76. The maximum Gasteiger partial charge on any atom is 0.312 e. The van der Waals surface area contributed by atoms with Gasteiger partial charge in [0.05, 0.1) is 0 Å². The van der Waals surface area contributed by atoms with Gasteiger partial charge in [0.25, 0.3) is 0 Å². The van der Waals surface area contributed by atoms with Crippen LogP contribution in [0.5, 0.6) is 0 Å². The molecule has 1 aromatic rings. The number of nitrogens with two attached hydrogens (primary N) is 1. The Hall–Kier alpha value is -1.59. The number of aromatic nitrogens is 3. The smallest absolute Gasteiger partial charge is 0.312 e. The second-order valence-electron chi connectivity index (χ2n) is 2.57. The van der Waals surface area contributed by atoms with E-state index < -0.39 is 6.03 Å². The Balaban J connectivity index is 2.36. The van der Waals surface area contributed by atoms with E-state index in [0.717, 1.165) is 0 Å². The molecule has 0 aliphatic rings. The van der Waals surface area contributed by atoms with Gasteiger partial charge in [-0.25, -0.2) is 4.79 Å². The van der Waals surface area contributed by atoms with Crippen molar-refractivity contribution in [2.45, 2.75) is 19.5 Å². The minimum atomic E-state index is -0.518. The topological polar surface area (TPSA) is 85.8 Å². The standard InChI is InChI=1S/C6H11N5O/c1-5(10-6(7)12)2-11-3-8-9-4-11/h3-5H,2H2,1H3,(H3,7,10,12). The zero-order valence-corrected chi connectivity index (χ0v) is 6.77. The molecule has 0 bridgehead atoms. The van der Waals surface area contributed by atoms with Gasteiger partial charge in [0.15, 0.2) is 0 Å². The minimum Gasteiger partial charge on any atom is -0.352 e. The number of hydrogen-bond donors (Lipinski definition) is 2. The summed E-state index contributed by atoms with van der Waals surface area (Å²) in [7, 11) is 0. The summed E-state index contributed by atoms with van der Waals surface area (Å²) >= 11 is 0. The molecule has 0 aromatic carbocycles. The number of carbonyl (C=O) groups is 1. The lowest BCUT2D eigenvalue weighted by atomic mass is 10.3. The molecule has 1 aromatic heterocycles. The van der Waals surface area contributed by atoms with Gasteiger partial charge in [-0.05, 0) is 6.92 Å². The molecule has 1 rings (SSSR count). The molecule has 1 unspecified atom stereocenters. The van der Waals surface area contributed by atoms with Gasteiger partial charge in [-0.15, -0.1) is 10.2 Å². The van der Waals surface area contributed by atoms with Crippen molar-refractivity contribution in [1.29, 1.82) is 0 Å². The normalized spacial score (nSPS) is 12.4. The highest BCUT2D eigenvalue weighted by molar-refractivity contribution is 5.71. The summed E-state index contributed by atoms with van der Waals surface area (Å²) in [5.74, 6) is 0. The summed E-state index contributed by atoms with van der Waals surface area (Å²) in [6, 6.07) is -0.533. The van der Waals surface area contributed by atoms with E-state index in [0.29, 0.717) is 6.54 Å². The van der Waals surface area contributed by atoms with Gasteiger partial charge in [-0.3, -0.25) is 0 Å². The monoisotopic (exact) mass is 169 g/mol. The van der Waals surface area contributed by atoms with Crippen LogP contribution in [-0.2, 0) is 6.54 Å². The van der Waals surface area contributed by atoms with Crippen LogP contribution in [0.4, 0.5) is 4.79 Å². The van der Waals surface area contributed by atoms with Crippen LogP contribution >= 0.6 is 0 Å². The molecule has 0 saturated carbocycles. The predicted molar refractivity (Wildman–Crippen MR) is 42.2 cm³/mol. The van der Waals surface area contributed by atoms with Crippen molar-refractivity contribution in [2.24, 2.45) is 5.73 Å². The summed E-state index contributed by atoms with van der Waals surface area (Å²) in [4.78, 5) is 10.4. The third-order valence-electron chi connectivity index (χ3n) is 1.34. The van der Waals surface area contributed by atoms with Crippen LogP contribution in [-0.4, -0.2) is 26.8 Å². The molecule has 0 aliphatic heterocycles. The van der Waals surface area contributed by atoms with E-state index >= 15 is 0 Å². The van der Waals surface area contributed by atoms with Gasteiger partial charge < -0.3 is 15.6 Å². The van der Waals surface area contributed by atoms with Crippen molar-refractivity contribution >= 4 is 6.03 Å². The molecule has 0 spiro atoms.